The van der Waals surface area contributed by atoms with Crippen molar-refractivity contribution in [2.24, 2.45) is 0 Å². The number of halogens is 1. The van der Waals surface area contributed by atoms with E-state index in [1.165, 1.54) is 24.5 Å². The van der Waals surface area contributed by atoms with E-state index in [9.17, 15) is 14.4 Å². The molecule has 1 amide bonds. The zero-order valence-electron chi connectivity index (χ0n) is 16.1. The fourth-order valence-corrected chi connectivity index (χ4v) is 3.71. The molecule has 7 nitrogen and oxygen atoms in total. The lowest BCUT2D eigenvalue weighted by Gasteiger charge is -2.07. The van der Waals surface area contributed by atoms with Crippen molar-refractivity contribution in [3.8, 4) is 10.6 Å². The van der Waals surface area contributed by atoms with E-state index < -0.39 is 24.5 Å². The number of carbonyl (C=O) groups excluding carboxylic acids is 3. The number of hydrogen-bond donors (Lipinski definition) is 1. The Kier molecular flexibility index (Phi) is 6.81. The van der Waals surface area contributed by atoms with Crippen molar-refractivity contribution in [1.82, 2.24) is 4.98 Å². The third-order valence-electron chi connectivity index (χ3n) is 3.96. The summed E-state index contributed by atoms with van der Waals surface area (Å²) in [4.78, 5) is 40.8. The largest absolute Gasteiger partial charge is 0.465 e. The van der Waals surface area contributed by atoms with Crippen LogP contribution in [0.25, 0.3) is 10.6 Å². The number of rotatable bonds is 6. The third kappa shape index (κ3) is 5.22. The highest BCUT2D eigenvalue weighted by atomic mass is 35.5. The van der Waals surface area contributed by atoms with E-state index in [4.69, 9.17) is 16.3 Å². The molecule has 3 aromatic rings. The molecule has 30 heavy (non-hydrogen) atoms. The zero-order chi connectivity index (χ0) is 21.7. The Labute approximate surface area is 181 Å². The minimum absolute atomic E-state index is 0.293. The van der Waals surface area contributed by atoms with Crippen LogP contribution in [0, 0.1) is 6.92 Å². The Balaban J connectivity index is 1.62. The molecule has 0 spiro atoms. The van der Waals surface area contributed by atoms with Crippen molar-refractivity contribution in [2.75, 3.05) is 19.0 Å². The van der Waals surface area contributed by atoms with Crippen LogP contribution in [0.3, 0.4) is 0 Å². The quantitative estimate of drug-likeness (QED) is 0.568. The molecule has 9 heteroatoms. The van der Waals surface area contributed by atoms with Crippen LogP contribution >= 0.6 is 22.9 Å². The van der Waals surface area contributed by atoms with Crippen LogP contribution in [0.5, 0.6) is 0 Å². The number of benzene rings is 2. The summed E-state index contributed by atoms with van der Waals surface area (Å²) in [5.41, 5.74) is 1.97. The van der Waals surface area contributed by atoms with Gasteiger partial charge in [-0.2, -0.15) is 0 Å². The molecular weight excluding hydrogens is 428 g/mol. The molecule has 0 fully saturated rings. The summed E-state index contributed by atoms with van der Waals surface area (Å²) in [5, 5.41) is 3.77. The van der Waals surface area contributed by atoms with Gasteiger partial charge in [0.2, 0.25) is 0 Å². The normalized spacial score (nSPS) is 10.4. The van der Waals surface area contributed by atoms with Crippen molar-refractivity contribution in [3.63, 3.8) is 0 Å². The molecule has 0 atom stereocenters. The number of nitrogens with zero attached hydrogens (tertiary/aromatic N) is 1. The average Bonchev–Trinajstić information content (AvgIpc) is 3.13. The smallest absolute Gasteiger partial charge is 0.350 e. The van der Waals surface area contributed by atoms with Crippen LogP contribution in [0.15, 0.2) is 48.5 Å². The van der Waals surface area contributed by atoms with Crippen LogP contribution in [0.1, 0.15) is 25.7 Å². The highest BCUT2D eigenvalue weighted by Gasteiger charge is 2.19. The number of carbonyl (C=O) groups is 3. The summed E-state index contributed by atoms with van der Waals surface area (Å²) < 4.78 is 9.76. The average molecular weight is 445 g/mol. The van der Waals surface area contributed by atoms with E-state index in [1.807, 2.05) is 6.07 Å². The molecule has 1 heterocycles. The van der Waals surface area contributed by atoms with Crippen molar-refractivity contribution in [3.05, 3.63) is 69.7 Å². The number of ether oxygens (including phenoxy) is 2. The monoisotopic (exact) mass is 444 g/mol. The van der Waals surface area contributed by atoms with Gasteiger partial charge in [-0.1, -0.05) is 29.8 Å². The first-order valence-corrected chi connectivity index (χ1v) is 9.95. The molecule has 3 rings (SSSR count). The number of hydrogen-bond acceptors (Lipinski definition) is 7. The number of nitrogens with one attached hydrogen (secondary N) is 1. The van der Waals surface area contributed by atoms with Gasteiger partial charge in [0.1, 0.15) is 9.88 Å². The standard InChI is InChI=1S/C21H17ClN2O5S/c1-12-18(30-19(23-12)13-5-3-7-15(22)9-13)21(27)29-11-17(25)24-16-8-4-6-14(10-16)20(26)28-2/h3-10H,11H2,1-2H3,(H,24,25). The van der Waals surface area contributed by atoms with Crippen molar-refractivity contribution in [1.29, 1.82) is 0 Å². The second-order valence-corrected chi connectivity index (χ2v) is 7.58. The van der Waals surface area contributed by atoms with Gasteiger partial charge in [-0.15, -0.1) is 11.3 Å². The summed E-state index contributed by atoms with van der Waals surface area (Å²) in [7, 11) is 1.27. The topological polar surface area (TPSA) is 94.6 Å². The maximum Gasteiger partial charge on any atom is 0.350 e. The number of aromatic nitrogens is 1. The molecule has 0 saturated carbocycles. The molecule has 0 radical (unpaired) electrons. The van der Waals surface area contributed by atoms with Crippen LogP contribution < -0.4 is 5.32 Å². The Bertz CT molecular complexity index is 1110. The van der Waals surface area contributed by atoms with Gasteiger partial charge in [0.25, 0.3) is 5.91 Å². The van der Waals surface area contributed by atoms with Crippen molar-refractivity contribution < 1.29 is 23.9 Å². The summed E-state index contributed by atoms with van der Waals surface area (Å²) in [6, 6.07) is 13.4. The predicted molar refractivity (Wildman–Crippen MR) is 114 cm³/mol. The molecule has 1 aromatic heterocycles. The summed E-state index contributed by atoms with van der Waals surface area (Å²) >= 11 is 7.17. The highest BCUT2D eigenvalue weighted by Crippen LogP contribution is 2.29. The minimum atomic E-state index is -0.642. The van der Waals surface area contributed by atoms with Gasteiger partial charge in [-0.25, -0.2) is 14.6 Å². The van der Waals surface area contributed by atoms with E-state index in [-0.39, 0.29) is 0 Å². The number of anilines is 1. The molecule has 1 N–H and O–H groups in total. The highest BCUT2D eigenvalue weighted by molar-refractivity contribution is 7.17. The van der Waals surface area contributed by atoms with Crippen LogP contribution in [-0.2, 0) is 14.3 Å². The molecule has 0 aliphatic rings. The summed E-state index contributed by atoms with van der Waals surface area (Å²) in [6.07, 6.45) is 0. The van der Waals surface area contributed by atoms with E-state index >= 15 is 0 Å². The van der Waals surface area contributed by atoms with Gasteiger partial charge in [-0.05, 0) is 37.3 Å². The number of esters is 2. The molecule has 0 unspecified atom stereocenters. The maximum atomic E-state index is 12.4. The van der Waals surface area contributed by atoms with Crippen molar-refractivity contribution >= 4 is 46.5 Å². The van der Waals surface area contributed by atoms with Gasteiger partial charge < -0.3 is 14.8 Å². The second kappa shape index (κ2) is 9.51. The van der Waals surface area contributed by atoms with Crippen LogP contribution in [0.4, 0.5) is 5.69 Å². The maximum absolute atomic E-state index is 12.4. The molecule has 0 saturated heterocycles. The number of aryl methyl sites for hydroxylation is 1. The molecule has 154 valence electrons. The van der Waals surface area contributed by atoms with Gasteiger partial charge in [0.05, 0.1) is 18.4 Å². The Morgan fingerprint density at radius 1 is 1.10 bits per heavy atom. The first-order chi connectivity index (χ1) is 14.4. The number of amides is 1. The van der Waals surface area contributed by atoms with E-state index in [0.717, 1.165) is 5.56 Å². The summed E-state index contributed by atoms with van der Waals surface area (Å²) in [5.74, 6) is -1.70. The molecule has 0 aliphatic heterocycles. The fourth-order valence-electron chi connectivity index (χ4n) is 2.57. The molecule has 2 aromatic carbocycles. The van der Waals surface area contributed by atoms with Gasteiger partial charge >= 0.3 is 11.9 Å². The van der Waals surface area contributed by atoms with E-state index in [1.54, 1.807) is 43.3 Å². The Hall–Kier alpha value is -3.23. The first kappa shape index (κ1) is 21.5. The molecule has 0 aliphatic carbocycles. The van der Waals surface area contributed by atoms with Gasteiger partial charge in [-0.3, -0.25) is 4.79 Å². The summed E-state index contributed by atoms with van der Waals surface area (Å²) in [6.45, 7) is 1.21. The van der Waals surface area contributed by atoms with Crippen LogP contribution in [-0.4, -0.2) is 36.5 Å². The van der Waals surface area contributed by atoms with E-state index in [0.29, 0.717) is 31.9 Å². The second-order valence-electron chi connectivity index (χ2n) is 6.14. The predicted octanol–water partition coefficient (Wildman–Crippen LogP) is 4.35. The Morgan fingerprint density at radius 2 is 1.87 bits per heavy atom. The fraction of sp³-hybridized carbons (Fsp3) is 0.143. The number of methoxy groups -OCH3 is 1. The molecular formula is C21H17ClN2O5S. The number of thiazole rings is 1. The zero-order valence-corrected chi connectivity index (χ0v) is 17.7. The lowest BCUT2D eigenvalue weighted by atomic mass is 10.2. The SMILES string of the molecule is COC(=O)c1cccc(NC(=O)COC(=O)c2sc(-c3cccc(Cl)c3)nc2C)c1. The van der Waals surface area contributed by atoms with Gasteiger partial charge in [0.15, 0.2) is 6.61 Å². The lowest BCUT2D eigenvalue weighted by molar-refractivity contribution is -0.119. The Morgan fingerprint density at radius 3 is 2.60 bits per heavy atom. The van der Waals surface area contributed by atoms with E-state index in [2.05, 4.69) is 15.0 Å². The third-order valence-corrected chi connectivity index (χ3v) is 5.38. The van der Waals surface area contributed by atoms with Crippen LogP contribution in [0.2, 0.25) is 5.02 Å². The van der Waals surface area contributed by atoms with Crippen molar-refractivity contribution in [2.45, 2.75) is 6.92 Å². The first-order valence-electron chi connectivity index (χ1n) is 8.76. The minimum Gasteiger partial charge on any atom is -0.465 e. The molecule has 0 bridgehead atoms. The van der Waals surface area contributed by atoms with Gasteiger partial charge in [0, 0.05) is 16.3 Å². The lowest BCUT2D eigenvalue weighted by Crippen LogP contribution is -2.21.